The second kappa shape index (κ2) is 17.1. The van der Waals surface area contributed by atoms with Crippen molar-refractivity contribution in [2.24, 2.45) is 23.7 Å². The van der Waals surface area contributed by atoms with Gasteiger partial charge in [0, 0.05) is 34.8 Å². The molecular weight excluding hydrogens is 827 g/mol. The number of nitrogens with one attached hydrogen (secondary N) is 3. The highest BCUT2D eigenvalue weighted by molar-refractivity contribution is 6.00. The van der Waals surface area contributed by atoms with Crippen LogP contribution in [0.3, 0.4) is 0 Å². The minimum Gasteiger partial charge on any atom is -0.488 e. The van der Waals surface area contributed by atoms with Gasteiger partial charge in [-0.25, -0.2) is 13.6 Å². The van der Waals surface area contributed by atoms with Crippen molar-refractivity contribution in [3.8, 4) is 16.9 Å². The van der Waals surface area contributed by atoms with Crippen molar-refractivity contribution in [2.45, 2.75) is 82.1 Å². The van der Waals surface area contributed by atoms with E-state index in [2.05, 4.69) is 22.0 Å². The van der Waals surface area contributed by atoms with Crippen molar-refractivity contribution in [3.05, 3.63) is 130 Å². The van der Waals surface area contributed by atoms with Gasteiger partial charge in [-0.3, -0.25) is 9.59 Å². The van der Waals surface area contributed by atoms with E-state index in [1.54, 1.807) is 30.3 Å². The maximum Gasteiger partial charge on any atom is 0.429 e. The quantitative estimate of drug-likeness (QED) is 0.0971. The molecule has 5 atom stereocenters. The van der Waals surface area contributed by atoms with E-state index in [4.69, 9.17) is 9.47 Å². The first-order valence-electron chi connectivity index (χ1n) is 20.4. The van der Waals surface area contributed by atoms with Gasteiger partial charge in [0.2, 0.25) is 12.0 Å². The third-order valence-electron chi connectivity index (χ3n) is 12.1. The smallest absolute Gasteiger partial charge is 0.429 e. The molecule has 0 aromatic heterocycles. The van der Waals surface area contributed by atoms with Gasteiger partial charge >= 0.3 is 18.4 Å². The Hall–Kier alpha value is -5.93. The van der Waals surface area contributed by atoms with Crippen LogP contribution in [-0.4, -0.2) is 36.2 Å². The lowest BCUT2D eigenvalue weighted by atomic mass is 9.83. The predicted molar refractivity (Wildman–Crippen MR) is 210 cm³/mol. The molecule has 4 aliphatic carbocycles. The Balaban J connectivity index is 1.12. The highest BCUT2D eigenvalue weighted by atomic mass is 19.4. The topological polar surface area (TPSA) is 106 Å². The van der Waals surface area contributed by atoms with Gasteiger partial charge in [-0.1, -0.05) is 54.1 Å². The second-order valence-electron chi connectivity index (χ2n) is 16.3. The average molecular weight is 868 g/mol. The Morgan fingerprint density at radius 1 is 0.774 bits per heavy atom. The van der Waals surface area contributed by atoms with Crippen LogP contribution < -0.4 is 20.7 Å². The number of benzene rings is 4. The molecule has 0 aliphatic heterocycles. The number of carbonyl (C=O) groups excluding carboxylic acids is 3. The molecule has 4 saturated carbocycles. The third kappa shape index (κ3) is 9.28. The number of anilines is 1. The molecule has 4 fully saturated rings. The number of halogens is 8. The maximum absolute atomic E-state index is 15.7. The standard InChI is InChI=1S/C46H41F8N3O5/c47-36-16-11-27(41(46(52,53)54)62-44(60)56-28-7-4-8-28)21-32(36)26-12-18-38(61-23-25-5-2-1-3-6-25)34(20-26)42(58)57-40-31-15-14-30(33(31)19-24-9-10-24)39(40)43(59)55-29-13-17-37(48)35(22-29)45(49,50)51/h1-3,5-6,11-13,16-22,24,28,30-31,39-41H,4,7-10,14-15,23H2,(H,55,59)(H,56,60)(H,57,58)/b33-19-/t30?,31?,39-,40+,41?/m0/s1. The van der Waals surface area contributed by atoms with Crippen LogP contribution in [0.1, 0.15) is 78.1 Å². The number of allylic oxidation sites excluding steroid dienone is 1. The molecule has 2 bridgehead atoms. The number of ether oxygens (including phenoxy) is 2. The summed E-state index contributed by atoms with van der Waals surface area (Å²) >= 11 is 0. The summed E-state index contributed by atoms with van der Waals surface area (Å²) in [6.45, 7) is -0.0111. The van der Waals surface area contributed by atoms with Crippen molar-refractivity contribution < 1.29 is 59.0 Å². The molecule has 62 heavy (non-hydrogen) atoms. The molecule has 3 N–H and O–H groups in total. The maximum atomic E-state index is 15.7. The molecule has 0 saturated heterocycles. The minimum atomic E-state index is -5.07. The fourth-order valence-corrected chi connectivity index (χ4v) is 8.68. The van der Waals surface area contributed by atoms with Gasteiger partial charge in [0.1, 0.15) is 24.0 Å². The van der Waals surface area contributed by atoms with E-state index in [-0.39, 0.29) is 58.5 Å². The average Bonchev–Trinajstić information content (AvgIpc) is 3.89. The van der Waals surface area contributed by atoms with Crippen LogP contribution in [0.2, 0.25) is 0 Å². The van der Waals surface area contributed by atoms with Crippen molar-refractivity contribution in [2.75, 3.05) is 5.32 Å². The molecular formula is C46H41F8N3O5. The lowest BCUT2D eigenvalue weighted by Crippen LogP contribution is -2.48. The first kappa shape index (κ1) is 42.7. The Morgan fingerprint density at radius 2 is 1.50 bits per heavy atom. The lowest BCUT2D eigenvalue weighted by molar-refractivity contribution is -0.206. The fourth-order valence-electron chi connectivity index (χ4n) is 8.68. The summed E-state index contributed by atoms with van der Waals surface area (Å²) in [5, 5.41) is 7.89. The van der Waals surface area contributed by atoms with Crippen molar-refractivity contribution in [1.29, 1.82) is 0 Å². The number of hydrogen-bond acceptors (Lipinski definition) is 5. The van der Waals surface area contributed by atoms with Gasteiger partial charge in [0.05, 0.1) is 17.0 Å². The number of alkyl carbamates (subject to hydrolysis) is 1. The number of hydrogen-bond donors (Lipinski definition) is 3. The van der Waals surface area contributed by atoms with Crippen LogP contribution in [0, 0.1) is 35.3 Å². The largest absolute Gasteiger partial charge is 0.488 e. The van der Waals surface area contributed by atoms with E-state index in [9.17, 15) is 45.1 Å². The van der Waals surface area contributed by atoms with Crippen LogP contribution >= 0.6 is 0 Å². The predicted octanol–water partition coefficient (Wildman–Crippen LogP) is 10.8. The Kier molecular flexibility index (Phi) is 11.8. The molecule has 16 heteroatoms. The number of fused-ring (bicyclic) bond motifs is 2. The monoisotopic (exact) mass is 867 g/mol. The normalized spacial score (nSPS) is 22.2. The molecule has 326 valence electrons. The Bertz CT molecular complexity index is 2380. The molecule has 8 rings (SSSR count). The van der Waals surface area contributed by atoms with Crippen LogP contribution in [0.5, 0.6) is 5.75 Å². The van der Waals surface area contributed by atoms with E-state index >= 15 is 4.39 Å². The zero-order valence-electron chi connectivity index (χ0n) is 32.9. The van der Waals surface area contributed by atoms with Crippen LogP contribution in [-0.2, 0) is 22.3 Å². The molecule has 4 aromatic rings. The van der Waals surface area contributed by atoms with Gasteiger partial charge in [-0.2, -0.15) is 26.3 Å². The molecule has 3 unspecified atom stereocenters. The van der Waals surface area contributed by atoms with Crippen LogP contribution in [0.4, 0.5) is 45.6 Å². The summed E-state index contributed by atoms with van der Waals surface area (Å²) < 4.78 is 125. The third-order valence-corrected chi connectivity index (χ3v) is 12.1. The molecule has 3 amide bonds. The number of carbonyl (C=O) groups is 3. The summed E-state index contributed by atoms with van der Waals surface area (Å²) in [5.41, 5.74) is -1.21. The summed E-state index contributed by atoms with van der Waals surface area (Å²) in [4.78, 5) is 41.1. The molecule has 0 spiro atoms. The first-order chi connectivity index (χ1) is 29.5. The number of rotatable bonds is 12. The minimum absolute atomic E-state index is 0.0111. The molecule has 0 heterocycles. The zero-order valence-corrected chi connectivity index (χ0v) is 32.9. The van der Waals surface area contributed by atoms with Crippen molar-refractivity contribution in [1.82, 2.24) is 10.6 Å². The molecule has 8 nitrogen and oxygen atoms in total. The van der Waals surface area contributed by atoms with E-state index in [0.717, 1.165) is 54.7 Å². The van der Waals surface area contributed by atoms with Gasteiger partial charge in [0.15, 0.2) is 0 Å². The fraction of sp³-hybridized carbons (Fsp3) is 0.370. The van der Waals surface area contributed by atoms with Crippen molar-refractivity contribution >= 4 is 23.6 Å². The molecule has 0 radical (unpaired) electrons. The summed E-state index contributed by atoms with van der Waals surface area (Å²) in [5.74, 6) is -5.19. The lowest BCUT2D eigenvalue weighted by Gasteiger charge is -2.30. The van der Waals surface area contributed by atoms with Crippen LogP contribution in [0.15, 0.2) is 96.6 Å². The van der Waals surface area contributed by atoms with Gasteiger partial charge in [-0.15, -0.1) is 0 Å². The first-order valence-corrected chi connectivity index (χ1v) is 20.4. The SMILES string of the molecule is O=C(NC1CCC1)OC(c1ccc(F)c(-c2ccc(OCc3ccccc3)c(C(=O)N[C@@H]3C4CCC(/C4=C/C4CC4)[C@@H]3C(=O)Nc3ccc(F)c(C(F)(F)F)c3)c2)c1)C(F)(F)F. The van der Waals surface area contributed by atoms with E-state index < -0.39 is 71.1 Å². The van der Waals surface area contributed by atoms with Gasteiger partial charge in [0.25, 0.3) is 5.91 Å². The summed E-state index contributed by atoms with van der Waals surface area (Å²) in [6.07, 6.45) is -6.91. The second-order valence-corrected chi connectivity index (χ2v) is 16.3. The number of alkyl halides is 6. The van der Waals surface area contributed by atoms with Crippen LogP contribution in [0.25, 0.3) is 11.1 Å². The van der Waals surface area contributed by atoms with Crippen molar-refractivity contribution in [3.63, 3.8) is 0 Å². The highest BCUT2D eigenvalue weighted by Crippen LogP contribution is 2.54. The zero-order chi connectivity index (χ0) is 43.9. The summed E-state index contributed by atoms with van der Waals surface area (Å²) in [6, 6.07) is 16.5. The van der Waals surface area contributed by atoms with E-state index in [0.29, 0.717) is 37.8 Å². The molecule has 4 aromatic carbocycles. The van der Waals surface area contributed by atoms with Gasteiger partial charge in [-0.05, 0) is 110 Å². The van der Waals surface area contributed by atoms with Gasteiger partial charge < -0.3 is 25.4 Å². The highest BCUT2D eigenvalue weighted by Gasteiger charge is 2.55. The Labute approximate surface area is 351 Å². The van der Waals surface area contributed by atoms with E-state index in [1.807, 2.05) is 0 Å². The molecule has 4 aliphatic rings. The Morgan fingerprint density at radius 3 is 2.18 bits per heavy atom. The number of amides is 3. The van der Waals surface area contributed by atoms with E-state index in [1.165, 1.54) is 18.2 Å². The summed E-state index contributed by atoms with van der Waals surface area (Å²) in [7, 11) is 0.